The molecule has 0 saturated carbocycles. The first-order valence-electron chi connectivity index (χ1n) is 8.30. The van der Waals surface area contributed by atoms with Crippen LogP contribution in [-0.2, 0) is 11.2 Å². The zero-order chi connectivity index (χ0) is 19.4. The van der Waals surface area contributed by atoms with Crippen molar-refractivity contribution in [1.29, 1.82) is 0 Å². The number of carbonyl (C=O) groups excluding carboxylic acids is 2. The van der Waals surface area contributed by atoms with Gasteiger partial charge in [-0.15, -0.1) is 11.3 Å². The summed E-state index contributed by atoms with van der Waals surface area (Å²) in [5.41, 5.74) is 2.47. The first-order valence-corrected chi connectivity index (χ1v) is 9.12. The van der Waals surface area contributed by atoms with Gasteiger partial charge in [0.15, 0.2) is 0 Å². The number of aryl methyl sites for hydroxylation is 1. The van der Waals surface area contributed by atoms with Crippen LogP contribution in [-0.4, -0.2) is 23.8 Å². The second-order valence-corrected chi connectivity index (χ2v) is 7.18. The summed E-state index contributed by atoms with van der Waals surface area (Å²) in [5, 5.41) is 6.19. The highest BCUT2D eigenvalue weighted by molar-refractivity contribution is 7.12. The topological polar surface area (TPSA) is 71.1 Å². The van der Waals surface area contributed by atoms with Crippen molar-refractivity contribution in [3.05, 3.63) is 69.8 Å². The predicted molar refractivity (Wildman–Crippen MR) is 104 cm³/mol. The lowest BCUT2D eigenvalue weighted by molar-refractivity contribution is -0.115. The highest BCUT2D eigenvalue weighted by atomic mass is 32.1. The van der Waals surface area contributed by atoms with Crippen molar-refractivity contribution >= 4 is 28.8 Å². The van der Waals surface area contributed by atoms with E-state index >= 15 is 0 Å². The van der Waals surface area contributed by atoms with E-state index in [1.807, 2.05) is 6.92 Å². The van der Waals surface area contributed by atoms with Crippen molar-refractivity contribution in [2.75, 3.05) is 12.4 Å². The molecular formula is C20H18FN3O2S. The Bertz CT molecular complexity index is 983. The zero-order valence-corrected chi connectivity index (χ0v) is 15.7. The van der Waals surface area contributed by atoms with Gasteiger partial charge in [-0.25, -0.2) is 9.37 Å². The Morgan fingerprint density at radius 1 is 1.15 bits per heavy atom. The van der Waals surface area contributed by atoms with Crippen LogP contribution in [0.5, 0.6) is 0 Å². The minimum Gasteiger partial charge on any atom is -0.355 e. The summed E-state index contributed by atoms with van der Waals surface area (Å²) in [5.74, 6) is -0.750. The number of hydrogen-bond acceptors (Lipinski definition) is 4. The molecule has 1 aromatic heterocycles. The van der Waals surface area contributed by atoms with E-state index in [2.05, 4.69) is 15.6 Å². The van der Waals surface area contributed by atoms with Crippen LogP contribution in [0.3, 0.4) is 0 Å². The Hall–Kier alpha value is -3.06. The van der Waals surface area contributed by atoms with Crippen LogP contribution in [0.4, 0.5) is 10.1 Å². The third-order valence-electron chi connectivity index (χ3n) is 3.88. The molecule has 0 fully saturated rings. The van der Waals surface area contributed by atoms with Gasteiger partial charge in [0.1, 0.15) is 5.82 Å². The molecule has 3 rings (SSSR count). The minimum atomic E-state index is -0.319. The monoisotopic (exact) mass is 383 g/mol. The van der Waals surface area contributed by atoms with Gasteiger partial charge in [0, 0.05) is 28.7 Å². The second kappa shape index (κ2) is 8.09. The fraction of sp³-hybridized carbons (Fsp3) is 0.150. The number of benzene rings is 2. The van der Waals surface area contributed by atoms with Crippen molar-refractivity contribution in [3.63, 3.8) is 0 Å². The molecule has 2 N–H and O–H groups in total. The molecule has 3 aromatic rings. The lowest BCUT2D eigenvalue weighted by Crippen LogP contribution is -2.19. The summed E-state index contributed by atoms with van der Waals surface area (Å²) in [7, 11) is 1.55. The largest absolute Gasteiger partial charge is 0.355 e. The van der Waals surface area contributed by atoms with Gasteiger partial charge in [0.2, 0.25) is 5.91 Å². The van der Waals surface area contributed by atoms with Crippen LogP contribution >= 0.6 is 11.3 Å². The Morgan fingerprint density at radius 2 is 1.89 bits per heavy atom. The van der Waals surface area contributed by atoms with Gasteiger partial charge in [0.05, 0.1) is 17.1 Å². The normalized spacial score (nSPS) is 10.5. The number of nitrogens with zero attached hydrogens (tertiary/aromatic N) is 1. The van der Waals surface area contributed by atoms with E-state index in [0.717, 1.165) is 15.4 Å². The van der Waals surface area contributed by atoms with Crippen LogP contribution in [0.15, 0.2) is 48.5 Å². The molecule has 5 nitrogen and oxygen atoms in total. The highest BCUT2D eigenvalue weighted by Gasteiger charge is 2.15. The van der Waals surface area contributed by atoms with Gasteiger partial charge in [0.25, 0.3) is 5.91 Å². The molecule has 0 spiro atoms. The Morgan fingerprint density at radius 3 is 2.59 bits per heavy atom. The fourth-order valence-corrected chi connectivity index (χ4v) is 3.61. The molecule has 0 radical (unpaired) electrons. The van der Waals surface area contributed by atoms with Crippen molar-refractivity contribution in [2.45, 2.75) is 13.3 Å². The zero-order valence-electron chi connectivity index (χ0n) is 14.9. The SMILES string of the molecule is CNC(=O)c1cccc(NC(=O)Cc2sc(C)nc2-c2ccc(F)cc2)c1. The molecule has 0 unspecified atom stereocenters. The van der Waals surface area contributed by atoms with Gasteiger partial charge < -0.3 is 10.6 Å². The van der Waals surface area contributed by atoms with Gasteiger partial charge in [-0.3, -0.25) is 9.59 Å². The third kappa shape index (κ3) is 4.57. The smallest absolute Gasteiger partial charge is 0.251 e. The molecular weight excluding hydrogens is 365 g/mol. The Kier molecular flexibility index (Phi) is 5.61. The molecule has 27 heavy (non-hydrogen) atoms. The number of rotatable bonds is 5. The summed E-state index contributed by atoms with van der Waals surface area (Å²) < 4.78 is 13.2. The molecule has 0 aliphatic heterocycles. The fourth-order valence-electron chi connectivity index (χ4n) is 2.66. The number of halogens is 1. The van der Waals surface area contributed by atoms with Crippen molar-refractivity contribution in [2.24, 2.45) is 0 Å². The van der Waals surface area contributed by atoms with E-state index in [9.17, 15) is 14.0 Å². The van der Waals surface area contributed by atoms with Crippen LogP contribution in [0.2, 0.25) is 0 Å². The van der Waals surface area contributed by atoms with E-state index in [-0.39, 0.29) is 24.1 Å². The maximum atomic E-state index is 13.2. The lowest BCUT2D eigenvalue weighted by Gasteiger charge is -2.07. The molecule has 138 valence electrons. The maximum Gasteiger partial charge on any atom is 0.251 e. The van der Waals surface area contributed by atoms with Crippen molar-refractivity contribution in [3.8, 4) is 11.3 Å². The molecule has 2 amide bonds. The minimum absolute atomic E-state index is 0.141. The Labute approximate surface area is 160 Å². The summed E-state index contributed by atoms with van der Waals surface area (Å²) in [6.07, 6.45) is 0.141. The first-order chi connectivity index (χ1) is 13.0. The molecule has 0 saturated heterocycles. The quantitative estimate of drug-likeness (QED) is 0.704. The number of carbonyl (C=O) groups is 2. The number of thiazole rings is 1. The molecule has 0 aliphatic carbocycles. The van der Waals surface area contributed by atoms with Crippen LogP contribution in [0, 0.1) is 12.7 Å². The van der Waals surface area contributed by atoms with Gasteiger partial charge in [-0.2, -0.15) is 0 Å². The van der Waals surface area contributed by atoms with Crippen LogP contribution < -0.4 is 10.6 Å². The van der Waals surface area contributed by atoms with Gasteiger partial charge >= 0.3 is 0 Å². The standard InChI is InChI=1S/C20H18FN3O2S/c1-12-23-19(13-6-8-15(21)9-7-13)17(27-12)11-18(25)24-16-5-3-4-14(10-16)20(26)22-2/h3-10H,11H2,1-2H3,(H,22,26)(H,24,25). The highest BCUT2D eigenvalue weighted by Crippen LogP contribution is 2.29. The number of aromatic nitrogens is 1. The number of amides is 2. The van der Waals surface area contributed by atoms with Crippen LogP contribution in [0.1, 0.15) is 20.2 Å². The summed E-state index contributed by atoms with van der Waals surface area (Å²) in [6.45, 7) is 1.87. The van der Waals surface area contributed by atoms with E-state index < -0.39 is 0 Å². The van der Waals surface area contributed by atoms with Gasteiger partial charge in [-0.05, 0) is 49.4 Å². The van der Waals surface area contributed by atoms with E-state index in [1.54, 1.807) is 43.4 Å². The summed E-state index contributed by atoms with van der Waals surface area (Å²) in [4.78, 5) is 29.5. The summed E-state index contributed by atoms with van der Waals surface area (Å²) >= 11 is 1.43. The van der Waals surface area contributed by atoms with Gasteiger partial charge in [-0.1, -0.05) is 6.07 Å². The second-order valence-electron chi connectivity index (χ2n) is 5.90. The molecule has 1 heterocycles. The molecule has 2 aromatic carbocycles. The lowest BCUT2D eigenvalue weighted by atomic mass is 10.1. The van der Waals surface area contributed by atoms with E-state index in [0.29, 0.717) is 16.9 Å². The van der Waals surface area contributed by atoms with E-state index in [1.165, 1.54) is 23.5 Å². The summed E-state index contributed by atoms with van der Waals surface area (Å²) in [6, 6.07) is 12.8. The number of anilines is 1. The Balaban J connectivity index is 1.77. The third-order valence-corrected chi connectivity index (χ3v) is 4.85. The molecule has 7 heteroatoms. The number of hydrogen-bond donors (Lipinski definition) is 2. The predicted octanol–water partition coefficient (Wildman–Crippen LogP) is 3.80. The number of nitrogens with one attached hydrogen (secondary N) is 2. The van der Waals surface area contributed by atoms with Crippen LogP contribution in [0.25, 0.3) is 11.3 Å². The first kappa shape index (κ1) is 18.7. The maximum absolute atomic E-state index is 13.2. The van der Waals surface area contributed by atoms with Crippen molar-refractivity contribution in [1.82, 2.24) is 10.3 Å². The molecule has 0 aliphatic rings. The molecule has 0 bridgehead atoms. The molecule has 0 atom stereocenters. The average Bonchev–Trinajstić information content (AvgIpc) is 3.01. The van der Waals surface area contributed by atoms with E-state index in [4.69, 9.17) is 0 Å². The average molecular weight is 383 g/mol. The van der Waals surface area contributed by atoms with Crippen molar-refractivity contribution < 1.29 is 14.0 Å².